The van der Waals surface area contributed by atoms with Gasteiger partial charge in [0.2, 0.25) is 0 Å². The van der Waals surface area contributed by atoms with Crippen LogP contribution in [0, 0.1) is 0 Å². The second kappa shape index (κ2) is 29.2. The van der Waals surface area contributed by atoms with Crippen LogP contribution in [0.1, 0.15) is 174 Å². The summed E-state index contributed by atoms with van der Waals surface area (Å²) in [5.41, 5.74) is 0. The van der Waals surface area contributed by atoms with Gasteiger partial charge in [-0.2, -0.15) is 0 Å². The monoisotopic (exact) mass is 464 g/mol. The van der Waals surface area contributed by atoms with Gasteiger partial charge in [-0.25, -0.2) is 0 Å². The Hall–Kier alpha value is -0.790. The average Bonchev–Trinajstić information content (AvgIpc) is 2.82. The molecule has 0 heterocycles. The minimum absolute atomic E-state index is 0.0203. The molecular formula is C31H60O2. The van der Waals surface area contributed by atoms with Gasteiger partial charge in [-0.3, -0.25) is 4.79 Å². The highest BCUT2D eigenvalue weighted by molar-refractivity contribution is 5.69. The maximum absolute atomic E-state index is 11.6. The van der Waals surface area contributed by atoms with E-state index in [1.54, 1.807) is 0 Å². The van der Waals surface area contributed by atoms with Crippen LogP contribution in [0.4, 0.5) is 0 Å². The Balaban J connectivity index is 3.10. The van der Waals surface area contributed by atoms with E-state index in [1.807, 2.05) is 0 Å². The molecular weight excluding hydrogens is 404 g/mol. The summed E-state index contributed by atoms with van der Waals surface area (Å²) < 4.78 is 5.25. The number of hydrogen-bond donors (Lipinski definition) is 0. The smallest absolute Gasteiger partial charge is 0.305 e. The van der Waals surface area contributed by atoms with Gasteiger partial charge >= 0.3 is 5.97 Å². The van der Waals surface area contributed by atoms with Crippen LogP contribution in [0.2, 0.25) is 0 Å². The van der Waals surface area contributed by atoms with Crippen molar-refractivity contribution in [1.29, 1.82) is 0 Å². The quantitative estimate of drug-likeness (QED) is 0.0686. The van der Waals surface area contributed by atoms with Crippen molar-refractivity contribution in [2.45, 2.75) is 174 Å². The van der Waals surface area contributed by atoms with E-state index < -0.39 is 0 Å². The lowest BCUT2D eigenvalue weighted by molar-refractivity contribution is -0.143. The van der Waals surface area contributed by atoms with Crippen molar-refractivity contribution < 1.29 is 9.53 Å². The molecule has 0 aliphatic carbocycles. The molecule has 0 aromatic rings. The number of allylic oxidation sites excluding steroid dienone is 1. The second-order valence-corrected chi connectivity index (χ2v) is 10.1. The van der Waals surface area contributed by atoms with Crippen LogP contribution in [-0.4, -0.2) is 12.6 Å². The zero-order valence-corrected chi connectivity index (χ0v) is 22.9. The third-order valence-electron chi connectivity index (χ3n) is 6.68. The lowest BCUT2D eigenvalue weighted by Crippen LogP contribution is -2.04. The largest absolute Gasteiger partial charge is 0.465 e. The molecule has 0 aromatic carbocycles. The summed E-state index contributed by atoms with van der Waals surface area (Å²) in [6.45, 7) is 4.95. The van der Waals surface area contributed by atoms with Gasteiger partial charge in [0.1, 0.15) is 0 Å². The molecule has 0 aromatic heterocycles. The summed E-state index contributed by atoms with van der Waals surface area (Å²) in [6, 6.07) is 0. The summed E-state index contributed by atoms with van der Waals surface area (Å²) in [4.78, 5) is 11.6. The fourth-order valence-corrected chi connectivity index (χ4v) is 4.48. The van der Waals surface area contributed by atoms with E-state index in [0.717, 1.165) is 19.3 Å². The summed E-state index contributed by atoms with van der Waals surface area (Å²) in [5, 5.41) is 0. The number of carbonyl (C=O) groups is 1. The predicted octanol–water partition coefficient (Wildman–Crippen LogP) is 10.9. The van der Waals surface area contributed by atoms with Crippen LogP contribution in [0.3, 0.4) is 0 Å². The SMILES string of the molecule is CC/C=C/CCOC(=O)CCCCCCCCCCCCCCCCCCCCCCCC. The van der Waals surface area contributed by atoms with Crippen LogP contribution in [-0.2, 0) is 9.53 Å². The Morgan fingerprint density at radius 2 is 0.879 bits per heavy atom. The molecule has 0 saturated carbocycles. The van der Waals surface area contributed by atoms with Crippen molar-refractivity contribution in [2.24, 2.45) is 0 Å². The van der Waals surface area contributed by atoms with Crippen LogP contribution in [0.25, 0.3) is 0 Å². The van der Waals surface area contributed by atoms with Gasteiger partial charge in [0, 0.05) is 6.42 Å². The Morgan fingerprint density at radius 1 is 0.515 bits per heavy atom. The maximum Gasteiger partial charge on any atom is 0.305 e. The molecule has 2 nitrogen and oxygen atoms in total. The van der Waals surface area contributed by atoms with Crippen molar-refractivity contribution >= 4 is 5.97 Å². The van der Waals surface area contributed by atoms with E-state index in [9.17, 15) is 4.79 Å². The standard InChI is InChI=1S/C31H60O2/c1-3-5-7-9-10-11-12-13-14-15-16-17-18-19-20-21-22-23-24-25-26-27-29-31(32)33-30-28-8-6-4-2/h6,8H,3-5,7,9-30H2,1-2H3/b8-6+. The molecule has 0 rings (SSSR count). The first-order chi connectivity index (χ1) is 16.3. The molecule has 0 unspecified atom stereocenters. The van der Waals surface area contributed by atoms with E-state index in [2.05, 4.69) is 26.0 Å². The van der Waals surface area contributed by atoms with Crippen molar-refractivity contribution in [2.75, 3.05) is 6.61 Å². The number of hydrogen-bond acceptors (Lipinski definition) is 2. The highest BCUT2D eigenvalue weighted by Gasteiger charge is 2.01. The molecule has 0 atom stereocenters. The van der Waals surface area contributed by atoms with Crippen molar-refractivity contribution in [3.8, 4) is 0 Å². The number of ether oxygens (including phenoxy) is 1. The third kappa shape index (κ3) is 29.2. The zero-order valence-electron chi connectivity index (χ0n) is 22.9. The fourth-order valence-electron chi connectivity index (χ4n) is 4.48. The summed E-state index contributed by atoms with van der Waals surface area (Å²) in [5.74, 6) is -0.0203. The minimum Gasteiger partial charge on any atom is -0.465 e. The normalized spacial score (nSPS) is 11.5. The average molecular weight is 465 g/mol. The molecule has 33 heavy (non-hydrogen) atoms. The number of unbranched alkanes of at least 4 members (excludes halogenated alkanes) is 21. The van der Waals surface area contributed by atoms with Gasteiger partial charge < -0.3 is 4.74 Å². The lowest BCUT2D eigenvalue weighted by atomic mass is 10.0. The van der Waals surface area contributed by atoms with Gasteiger partial charge in [0.05, 0.1) is 6.61 Å². The molecule has 0 fully saturated rings. The first kappa shape index (κ1) is 32.2. The van der Waals surface area contributed by atoms with Gasteiger partial charge in [-0.15, -0.1) is 0 Å². The van der Waals surface area contributed by atoms with Gasteiger partial charge in [-0.1, -0.05) is 161 Å². The molecule has 2 heteroatoms. The van der Waals surface area contributed by atoms with Gasteiger partial charge in [-0.05, 0) is 19.3 Å². The Kier molecular flexibility index (Phi) is 28.5. The molecule has 196 valence electrons. The predicted molar refractivity (Wildman–Crippen MR) is 147 cm³/mol. The summed E-state index contributed by atoms with van der Waals surface area (Å²) >= 11 is 0. The van der Waals surface area contributed by atoms with E-state index in [1.165, 1.54) is 135 Å². The first-order valence-electron chi connectivity index (χ1n) is 15.1. The molecule has 0 radical (unpaired) electrons. The highest BCUT2D eigenvalue weighted by Crippen LogP contribution is 2.15. The van der Waals surface area contributed by atoms with Gasteiger partial charge in [0.15, 0.2) is 0 Å². The molecule has 0 aliphatic heterocycles. The van der Waals surface area contributed by atoms with Crippen LogP contribution in [0.15, 0.2) is 12.2 Å². The molecule has 0 aliphatic rings. The van der Waals surface area contributed by atoms with Crippen LogP contribution >= 0.6 is 0 Å². The second-order valence-electron chi connectivity index (χ2n) is 10.1. The minimum atomic E-state index is -0.0203. The zero-order chi connectivity index (χ0) is 24.1. The summed E-state index contributed by atoms with van der Waals surface area (Å²) in [7, 11) is 0. The molecule has 0 N–H and O–H groups in total. The van der Waals surface area contributed by atoms with E-state index in [4.69, 9.17) is 4.74 Å². The molecule has 0 amide bonds. The van der Waals surface area contributed by atoms with E-state index in [-0.39, 0.29) is 5.97 Å². The van der Waals surface area contributed by atoms with Crippen LogP contribution < -0.4 is 0 Å². The molecule has 0 saturated heterocycles. The lowest BCUT2D eigenvalue weighted by Gasteiger charge is -2.05. The third-order valence-corrected chi connectivity index (χ3v) is 6.68. The fraction of sp³-hybridized carbons (Fsp3) is 0.903. The first-order valence-corrected chi connectivity index (χ1v) is 15.1. The Morgan fingerprint density at radius 3 is 1.24 bits per heavy atom. The highest BCUT2D eigenvalue weighted by atomic mass is 16.5. The number of carbonyl (C=O) groups excluding carboxylic acids is 1. The van der Waals surface area contributed by atoms with Crippen molar-refractivity contribution in [3.63, 3.8) is 0 Å². The van der Waals surface area contributed by atoms with Crippen LogP contribution in [0.5, 0.6) is 0 Å². The summed E-state index contributed by atoms with van der Waals surface area (Å²) in [6.07, 6.45) is 37.4. The number of rotatable bonds is 27. The van der Waals surface area contributed by atoms with E-state index >= 15 is 0 Å². The van der Waals surface area contributed by atoms with Gasteiger partial charge in [0.25, 0.3) is 0 Å². The number of esters is 1. The topological polar surface area (TPSA) is 26.3 Å². The molecule has 0 spiro atoms. The Labute approximate surface area is 208 Å². The van der Waals surface area contributed by atoms with Crippen molar-refractivity contribution in [3.05, 3.63) is 12.2 Å². The molecule has 0 bridgehead atoms. The Bertz CT molecular complexity index is 402. The van der Waals surface area contributed by atoms with Crippen molar-refractivity contribution in [1.82, 2.24) is 0 Å². The van der Waals surface area contributed by atoms with E-state index in [0.29, 0.717) is 13.0 Å². The maximum atomic E-state index is 11.6.